The first-order valence-electron chi connectivity index (χ1n) is 4.32. The van der Waals surface area contributed by atoms with Gasteiger partial charge in [0.05, 0.1) is 5.70 Å². The van der Waals surface area contributed by atoms with Gasteiger partial charge in [0.1, 0.15) is 0 Å². The highest BCUT2D eigenvalue weighted by atomic mass is 31.0. The van der Waals surface area contributed by atoms with E-state index < -0.39 is 0 Å². The van der Waals surface area contributed by atoms with Crippen LogP contribution in [0.5, 0.6) is 0 Å². The second kappa shape index (κ2) is 4.34. The molecule has 1 rings (SSSR count). The lowest BCUT2D eigenvalue weighted by atomic mass is 10.0. The molecular weight excluding hydrogens is 177 g/mol. The molecule has 1 nitrogen and oxygen atoms in total. The van der Waals surface area contributed by atoms with Gasteiger partial charge in [-0.15, -0.1) is 0 Å². The molecule has 2 heteroatoms. The monoisotopic (exact) mass is 191 g/mol. The first kappa shape index (κ1) is 10.1. The maximum atomic E-state index is 3.84. The van der Waals surface area contributed by atoms with Gasteiger partial charge >= 0.3 is 0 Å². The van der Waals surface area contributed by atoms with Crippen molar-refractivity contribution in [2.45, 2.75) is 19.8 Å². The second-order valence-corrected chi connectivity index (χ2v) is 3.56. The highest BCUT2D eigenvalue weighted by Gasteiger charge is 1.99. The Morgan fingerprint density at radius 1 is 1.31 bits per heavy atom. The zero-order chi connectivity index (χ0) is 9.84. The number of benzene rings is 1. The van der Waals surface area contributed by atoms with Crippen LogP contribution in [0.4, 0.5) is 0 Å². The first-order chi connectivity index (χ1) is 6.15. The van der Waals surface area contributed by atoms with E-state index in [-0.39, 0.29) is 0 Å². The third-order valence-electron chi connectivity index (χ3n) is 2.05. The lowest BCUT2D eigenvalue weighted by molar-refractivity contribution is 0.866. The van der Waals surface area contributed by atoms with Gasteiger partial charge in [0, 0.05) is 0 Å². The standard InChI is InChI=1S/C11H14NP/c1-8(2)10-4-6-11(7-5-10)9(3)12-13/h4-8,13H,3H2,1-2H3. The Morgan fingerprint density at radius 3 is 2.23 bits per heavy atom. The van der Waals surface area contributed by atoms with Gasteiger partial charge in [-0.05, 0) is 26.1 Å². The molecular formula is C11H14NP. The molecule has 68 valence electrons. The van der Waals surface area contributed by atoms with Gasteiger partial charge in [0.15, 0.2) is 0 Å². The molecule has 0 heterocycles. The lowest BCUT2D eigenvalue weighted by Crippen LogP contribution is -1.87. The topological polar surface area (TPSA) is 12.4 Å². The van der Waals surface area contributed by atoms with E-state index >= 15 is 0 Å². The van der Waals surface area contributed by atoms with Crippen LogP contribution in [0.1, 0.15) is 30.9 Å². The first-order valence-corrected chi connectivity index (χ1v) is 4.76. The van der Waals surface area contributed by atoms with Crippen LogP contribution in [0.3, 0.4) is 0 Å². The minimum absolute atomic E-state index is 0.572. The summed E-state index contributed by atoms with van der Waals surface area (Å²) in [5, 5.41) is 0. The van der Waals surface area contributed by atoms with Crippen molar-refractivity contribution in [2.24, 2.45) is 4.74 Å². The maximum Gasteiger partial charge on any atom is 0.0672 e. The summed E-state index contributed by atoms with van der Waals surface area (Å²) in [6, 6.07) is 8.31. The van der Waals surface area contributed by atoms with Crippen LogP contribution in [0.15, 0.2) is 35.6 Å². The normalized spacial score (nSPS) is 10.1. The molecule has 0 saturated carbocycles. The molecule has 0 aliphatic rings. The Labute approximate surface area is 81.8 Å². The zero-order valence-corrected chi connectivity index (χ0v) is 9.04. The predicted octanol–water partition coefficient (Wildman–Crippen LogP) is 4.11. The summed E-state index contributed by atoms with van der Waals surface area (Å²) in [6.07, 6.45) is 0. The molecule has 0 saturated heterocycles. The number of nitrogens with zero attached hydrogens (tertiary/aromatic N) is 1. The average molecular weight is 191 g/mol. The van der Waals surface area contributed by atoms with E-state index in [2.05, 4.69) is 46.3 Å². The van der Waals surface area contributed by atoms with E-state index in [0.29, 0.717) is 5.92 Å². The van der Waals surface area contributed by atoms with Crippen molar-refractivity contribution in [1.82, 2.24) is 0 Å². The Kier molecular flexibility index (Phi) is 3.39. The fraction of sp³-hybridized carbons (Fsp3) is 0.273. The Morgan fingerprint density at radius 2 is 1.85 bits per heavy atom. The van der Waals surface area contributed by atoms with Crippen molar-refractivity contribution < 1.29 is 0 Å². The smallest absolute Gasteiger partial charge is 0.0672 e. The fourth-order valence-corrected chi connectivity index (χ4v) is 1.25. The van der Waals surface area contributed by atoms with E-state index in [0.717, 1.165) is 11.3 Å². The lowest BCUT2D eigenvalue weighted by Gasteiger charge is -2.05. The largest absolute Gasteiger partial charge is 0.236 e. The average Bonchev–Trinajstić information content (AvgIpc) is 2.17. The molecule has 0 N–H and O–H groups in total. The summed E-state index contributed by atoms with van der Waals surface area (Å²) in [6.45, 7) is 8.16. The molecule has 0 aliphatic carbocycles. The molecule has 0 atom stereocenters. The third kappa shape index (κ3) is 2.50. The van der Waals surface area contributed by atoms with Crippen molar-refractivity contribution in [1.29, 1.82) is 0 Å². The van der Waals surface area contributed by atoms with Gasteiger partial charge in [-0.2, -0.15) is 0 Å². The molecule has 1 aromatic rings. The van der Waals surface area contributed by atoms with Crippen molar-refractivity contribution in [3.63, 3.8) is 0 Å². The molecule has 1 aromatic carbocycles. The molecule has 0 aromatic heterocycles. The van der Waals surface area contributed by atoms with E-state index in [1.165, 1.54) is 5.56 Å². The van der Waals surface area contributed by atoms with Crippen LogP contribution in [0, 0.1) is 0 Å². The minimum Gasteiger partial charge on any atom is -0.236 e. The van der Waals surface area contributed by atoms with Crippen molar-refractivity contribution >= 4 is 14.7 Å². The quantitative estimate of drug-likeness (QED) is 0.637. The van der Waals surface area contributed by atoms with E-state index in [9.17, 15) is 0 Å². The predicted molar refractivity (Wildman–Crippen MR) is 60.3 cm³/mol. The second-order valence-electron chi connectivity index (χ2n) is 3.34. The van der Waals surface area contributed by atoms with E-state index in [4.69, 9.17) is 0 Å². The summed E-state index contributed by atoms with van der Waals surface area (Å²) in [5.41, 5.74) is 3.15. The van der Waals surface area contributed by atoms with Crippen LogP contribution in [0.25, 0.3) is 5.70 Å². The third-order valence-corrected chi connectivity index (χ3v) is 2.32. The minimum atomic E-state index is 0.572. The highest BCUT2D eigenvalue weighted by molar-refractivity contribution is 7.04. The van der Waals surface area contributed by atoms with Gasteiger partial charge in [-0.1, -0.05) is 44.7 Å². The molecule has 0 spiro atoms. The van der Waals surface area contributed by atoms with Crippen LogP contribution in [-0.2, 0) is 0 Å². The van der Waals surface area contributed by atoms with Crippen molar-refractivity contribution in [3.05, 3.63) is 42.0 Å². The number of hydrogen-bond acceptors (Lipinski definition) is 1. The highest BCUT2D eigenvalue weighted by Crippen LogP contribution is 2.19. The molecule has 0 radical (unpaired) electrons. The molecule has 0 aliphatic heterocycles. The van der Waals surface area contributed by atoms with Gasteiger partial charge in [-0.3, -0.25) is 0 Å². The Bertz CT molecular complexity index is 311. The van der Waals surface area contributed by atoms with Crippen LogP contribution in [0.2, 0.25) is 0 Å². The van der Waals surface area contributed by atoms with Crippen LogP contribution >= 0.6 is 9.03 Å². The van der Waals surface area contributed by atoms with Gasteiger partial charge in [-0.25, -0.2) is 4.74 Å². The molecule has 0 bridgehead atoms. The summed E-state index contributed by atoms with van der Waals surface area (Å²) >= 11 is 0. The summed E-state index contributed by atoms with van der Waals surface area (Å²) in [7, 11) is 3.07. The van der Waals surface area contributed by atoms with Crippen molar-refractivity contribution in [2.75, 3.05) is 0 Å². The van der Waals surface area contributed by atoms with Gasteiger partial charge < -0.3 is 0 Å². The van der Waals surface area contributed by atoms with Crippen molar-refractivity contribution in [3.8, 4) is 0 Å². The molecule has 0 fully saturated rings. The molecule has 0 amide bonds. The zero-order valence-electron chi connectivity index (χ0n) is 8.04. The van der Waals surface area contributed by atoms with Gasteiger partial charge in [0.25, 0.3) is 0 Å². The molecule has 0 unspecified atom stereocenters. The Balaban J connectivity index is 2.93. The van der Waals surface area contributed by atoms with Crippen LogP contribution < -0.4 is 0 Å². The van der Waals surface area contributed by atoms with Gasteiger partial charge in [0.2, 0.25) is 0 Å². The Hall–Kier alpha value is -0.940. The SMILES string of the molecule is C=C(N=P)c1ccc(C(C)C)cc1. The van der Waals surface area contributed by atoms with E-state index in [1.807, 2.05) is 12.1 Å². The van der Waals surface area contributed by atoms with Crippen LogP contribution in [-0.4, -0.2) is 0 Å². The number of hydrogen-bond donors (Lipinski definition) is 0. The summed E-state index contributed by atoms with van der Waals surface area (Å²) < 4.78 is 3.84. The summed E-state index contributed by atoms with van der Waals surface area (Å²) in [5.74, 6) is 0.572. The number of rotatable bonds is 3. The van der Waals surface area contributed by atoms with E-state index in [1.54, 1.807) is 0 Å². The molecule has 13 heavy (non-hydrogen) atoms. The maximum absolute atomic E-state index is 3.84. The fourth-order valence-electron chi connectivity index (χ4n) is 1.12. The summed E-state index contributed by atoms with van der Waals surface area (Å²) in [4.78, 5) is 0.